The van der Waals surface area contributed by atoms with Crippen molar-refractivity contribution in [2.45, 2.75) is 32.7 Å². The fourth-order valence-electron chi connectivity index (χ4n) is 2.24. The van der Waals surface area contributed by atoms with Crippen LogP contribution >= 0.6 is 15.9 Å². The Morgan fingerprint density at radius 2 is 2.15 bits per heavy atom. The first-order valence-electron chi connectivity index (χ1n) is 6.90. The quantitative estimate of drug-likeness (QED) is 0.879. The molecule has 1 amide bonds. The van der Waals surface area contributed by atoms with Gasteiger partial charge >= 0.3 is 0 Å². The van der Waals surface area contributed by atoms with Crippen LogP contribution in [0.2, 0.25) is 0 Å². The highest BCUT2D eigenvalue weighted by molar-refractivity contribution is 9.10. The lowest BCUT2D eigenvalue weighted by Crippen LogP contribution is -2.29. The monoisotopic (exact) mass is 342 g/mol. The molecule has 0 saturated carbocycles. The van der Waals surface area contributed by atoms with Gasteiger partial charge in [-0.2, -0.15) is 5.10 Å². The predicted octanol–water partition coefficient (Wildman–Crippen LogP) is 1.45. The van der Waals surface area contributed by atoms with E-state index < -0.39 is 0 Å². The van der Waals surface area contributed by atoms with Gasteiger partial charge in [-0.25, -0.2) is 4.68 Å². The number of carbonyl (C=O) groups is 1. The van der Waals surface area contributed by atoms with Crippen LogP contribution in [0.3, 0.4) is 0 Å². The van der Waals surface area contributed by atoms with Crippen molar-refractivity contribution >= 4 is 27.5 Å². The van der Waals surface area contributed by atoms with Crippen LogP contribution in [0, 0.1) is 0 Å². The molecule has 20 heavy (non-hydrogen) atoms. The Morgan fingerprint density at radius 3 is 2.80 bits per heavy atom. The van der Waals surface area contributed by atoms with Gasteiger partial charge in [-0.3, -0.25) is 9.59 Å². The fraction of sp³-hybridized carbons (Fsp3) is 0.615. The molecule has 1 fully saturated rings. The Kier molecular flexibility index (Phi) is 5.17. The molecule has 0 unspecified atom stereocenters. The van der Waals surface area contributed by atoms with E-state index in [4.69, 9.17) is 0 Å². The second kappa shape index (κ2) is 6.88. The standard InChI is InChI=1S/C13H19BrN4O2/c1-2-18-13(20)12(14)10(9-16-18)15-6-5-11(19)17-7-3-4-8-17/h9,15H,2-8H2,1H3. The summed E-state index contributed by atoms with van der Waals surface area (Å²) in [5, 5.41) is 7.14. The number of anilines is 1. The zero-order valence-corrected chi connectivity index (χ0v) is 13.1. The molecule has 6 nitrogen and oxygen atoms in total. The summed E-state index contributed by atoms with van der Waals surface area (Å²) in [5.74, 6) is 0.168. The van der Waals surface area contributed by atoms with Gasteiger partial charge in [0.1, 0.15) is 4.47 Å². The Labute approximate surface area is 126 Å². The average Bonchev–Trinajstić information content (AvgIpc) is 2.98. The predicted molar refractivity (Wildman–Crippen MR) is 80.8 cm³/mol. The topological polar surface area (TPSA) is 67.2 Å². The maximum atomic E-state index is 11.9. The summed E-state index contributed by atoms with van der Waals surface area (Å²) >= 11 is 3.27. The number of hydrogen-bond donors (Lipinski definition) is 1. The van der Waals surface area contributed by atoms with E-state index >= 15 is 0 Å². The minimum atomic E-state index is -0.164. The number of nitrogens with zero attached hydrogens (tertiary/aromatic N) is 3. The summed E-state index contributed by atoms with van der Waals surface area (Å²) in [6.45, 7) is 4.65. The summed E-state index contributed by atoms with van der Waals surface area (Å²) in [4.78, 5) is 25.6. The largest absolute Gasteiger partial charge is 0.382 e. The lowest BCUT2D eigenvalue weighted by atomic mass is 10.3. The van der Waals surface area contributed by atoms with Gasteiger partial charge in [-0.05, 0) is 35.7 Å². The van der Waals surface area contributed by atoms with Gasteiger partial charge in [0, 0.05) is 32.6 Å². The zero-order chi connectivity index (χ0) is 14.5. The first kappa shape index (κ1) is 15.0. The third-order valence-electron chi connectivity index (χ3n) is 3.40. The van der Waals surface area contributed by atoms with Crippen molar-refractivity contribution in [2.24, 2.45) is 0 Å². The minimum absolute atomic E-state index is 0.164. The summed E-state index contributed by atoms with van der Waals surface area (Å²) < 4.78 is 1.84. The average molecular weight is 343 g/mol. The van der Waals surface area contributed by atoms with E-state index in [1.54, 1.807) is 6.20 Å². The first-order valence-corrected chi connectivity index (χ1v) is 7.70. The van der Waals surface area contributed by atoms with Gasteiger partial charge in [0.2, 0.25) is 5.91 Å². The van der Waals surface area contributed by atoms with Crippen LogP contribution < -0.4 is 10.9 Å². The summed E-state index contributed by atoms with van der Waals surface area (Å²) in [5.41, 5.74) is 0.470. The molecule has 7 heteroatoms. The molecule has 1 aromatic heterocycles. The van der Waals surface area contributed by atoms with E-state index in [-0.39, 0.29) is 11.5 Å². The fourth-order valence-corrected chi connectivity index (χ4v) is 2.69. The van der Waals surface area contributed by atoms with Crippen LogP contribution in [0.25, 0.3) is 0 Å². The van der Waals surface area contributed by atoms with Crippen LogP contribution in [-0.4, -0.2) is 40.2 Å². The molecule has 0 aromatic carbocycles. The lowest BCUT2D eigenvalue weighted by molar-refractivity contribution is -0.129. The van der Waals surface area contributed by atoms with E-state index in [0.29, 0.717) is 29.7 Å². The normalized spacial score (nSPS) is 14.6. The summed E-state index contributed by atoms with van der Waals surface area (Å²) in [6, 6.07) is 0. The van der Waals surface area contributed by atoms with Crippen molar-refractivity contribution in [3.63, 3.8) is 0 Å². The lowest BCUT2D eigenvalue weighted by Gasteiger charge is -2.15. The van der Waals surface area contributed by atoms with E-state index in [1.165, 1.54) is 4.68 Å². The number of amides is 1. The van der Waals surface area contributed by atoms with Crippen LogP contribution in [-0.2, 0) is 11.3 Å². The molecule has 1 N–H and O–H groups in total. The maximum absolute atomic E-state index is 11.9. The Balaban J connectivity index is 1.89. The number of hydrogen-bond acceptors (Lipinski definition) is 4. The van der Waals surface area contributed by atoms with Crippen molar-refractivity contribution in [2.75, 3.05) is 25.0 Å². The van der Waals surface area contributed by atoms with Crippen molar-refractivity contribution in [1.82, 2.24) is 14.7 Å². The van der Waals surface area contributed by atoms with Crippen molar-refractivity contribution < 1.29 is 4.79 Å². The van der Waals surface area contributed by atoms with Crippen LogP contribution in [0.1, 0.15) is 26.2 Å². The van der Waals surface area contributed by atoms with Gasteiger partial charge in [-0.15, -0.1) is 0 Å². The van der Waals surface area contributed by atoms with E-state index in [9.17, 15) is 9.59 Å². The van der Waals surface area contributed by atoms with E-state index in [2.05, 4.69) is 26.3 Å². The highest BCUT2D eigenvalue weighted by Crippen LogP contribution is 2.16. The van der Waals surface area contributed by atoms with E-state index in [1.807, 2.05) is 11.8 Å². The Morgan fingerprint density at radius 1 is 1.45 bits per heavy atom. The van der Waals surface area contributed by atoms with Gasteiger partial charge in [0.25, 0.3) is 5.56 Å². The molecule has 1 aromatic rings. The first-order chi connectivity index (χ1) is 9.63. The SMILES string of the molecule is CCn1ncc(NCCC(=O)N2CCCC2)c(Br)c1=O. The Hall–Kier alpha value is -1.37. The maximum Gasteiger partial charge on any atom is 0.283 e. The second-order valence-corrected chi connectivity index (χ2v) is 5.55. The molecule has 0 spiro atoms. The van der Waals surface area contributed by atoms with Crippen molar-refractivity contribution in [3.05, 3.63) is 21.0 Å². The van der Waals surface area contributed by atoms with Gasteiger partial charge in [0.15, 0.2) is 0 Å². The molecule has 1 aliphatic heterocycles. The molecule has 2 heterocycles. The molecule has 1 aliphatic rings. The van der Waals surface area contributed by atoms with Crippen molar-refractivity contribution in [1.29, 1.82) is 0 Å². The molecule has 0 atom stereocenters. The van der Waals surface area contributed by atoms with Crippen LogP contribution in [0.4, 0.5) is 5.69 Å². The number of carbonyl (C=O) groups excluding carboxylic acids is 1. The molecule has 2 rings (SSSR count). The number of likely N-dealkylation sites (tertiary alicyclic amines) is 1. The molecular formula is C13H19BrN4O2. The second-order valence-electron chi connectivity index (χ2n) is 4.76. The summed E-state index contributed by atoms with van der Waals surface area (Å²) in [6.07, 6.45) is 4.24. The third kappa shape index (κ3) is 3.39. The van der Waals surface area contributed by atoms with E-state index in [0.717, 1.165) is 25.9 Å². The van der Waals surface area contributed by atoms with Crippen LogP contribution in [0.5, 0.6) is 0 Å². The van der Waals surface area contributed by atoms with Gasteiger partial charge in [0.05, 0.1) is 11.9 Å². The number of aromatic nitrogens is 2. The molecule has 110 valence electrons. The third-order valence-corrected chi connectivity index (χ3v) is 4.16. The summed E-state index contributed by atoms with van der Waals surface area (Å²) in [7, 11) is 0. The minimum Gasteiger partial charge on any atom is -0.382 e. The van der Waals surface area contributed by atoms with Crippen LogP contribution in [0.15, 0.2) is 15.5 Å². The van der Waals surface area contributed by atoms with Gasteiger partial charge in [-0.1, -0.05) is 0 Å². The number of rotatable bonds is 5. The molecular weight excluding hydrogens is 324 g/mol. The highest BCUT2D eigenvalue weighted by atomic mass is 79.9. The molecule has 0 bridgehead atoms. The smallest absolute Gasteiger partial charge is 0.283 e. The number of halogens is 1. The van der Waals surface area contributed by atoms with Gasteiger partial charge < -0.3 is 10.2 Å². The molecule has 0 aliphatic carbocycles. The number of nitrogens with one attached hydrogen (secondary N) is 1. The molecule has 0 radical (unpaired) electrons. The highest BCUT2D eigenvalue weighted by Gasteiger charge is 2.17. The zero-order valence-electron chi connectivity index (χ0n) is 11.6. The van der Waals surface area contributed by atoms with Crippen molar-refractivity contribution in [3.8, 4) is 0 Å². The number of aryl methyl sites for hydroxylation is 1. The Bertz CT molecular complexity index is 538. The molecule has 1 saturated heterocycles.